The molecule has 0 heterocycles. The Morgan fingerprint density at radius 3 is 2.71 bits per heavy atom. The first-order valence-electron chi connectivity index (χ1n) is 7.79. The largest absolute Gasteiger partial charge is 0.393 e. The average Bonchev–Trinajstić information content (AvgIpc) is 2.42. The van der Waals surface area contributed by atoms with Gasteiger partial charge < -0.3 is 15.3 Å². The molecule has 0 radical (unpaired) electrons. The summed E-state index contributed by atoms with van der Waals surface area (Å²) < 4.78 is 0. The molecular formula is C17H26N2O2. The van der Waals surface area contributed by atoms with E-state index >= 15 is 0 Å². The molecule has 0 spiro atoms. The molecule has 2 N–H and O–H groups in total. The fourth-order valence-electron chi connectivity index (χ4n) is 2.81. The van der Waals surface area contributed by atoms with E-state index in [0.717, 1.165) is 49.2 Å². The molecule has 0 bridgehead atoms. The van der Waals surface area contributed by atoms with Crippen LogP contribution in [0.25, 0.3) is 0 Å². The maximum absolute atomic E-state index is 12.5. The number of amides is 1. The highest BCUT2D eigenvalue weighted by atomic mass is 16.3. The van der Waals surface area contributed by atoms with E-state index in [0.29, 0.717) is 5.92 Å². The molecule has 116 valence electrons. The molecule has 4 heteroatoms. The lowest BCUT2D eigenvalue weighted by Gasteiger charge is -2.34. The SMILES string of the molecule is CCCNc1ccc(C(=O)N(C)CC2CC(O)C2)c(C)c1. The minimum atomic E-state index is -0.163. The molecule has 21 heavy (non-hydrogen) atoms. The first kappa shape index (κ1) is 15.8. The summed E-state index contributed by atoms with van der Waals surface area (Å²) in [6.45, 7) is 5.78. The van der Waals surface area contributed by atoms with Gasteiger partial charge in [0.2, 0.25) is 0 Å². The number of carbonyl (C=O) groups excluding carboxylic acids is 1. The van der Waals surface area contributed by atoms with E-state index in [-0.39, 0.29) is 12.0 Å². The summed E-state index contributed by atoms with van der Waals surface area (Å²) in [6, 6.07) is 5.91. The van der Waals surface area contributed by atoms with Gasteiger partial charge in [-0.1, -0.05) is 6.92 Å². The number of hydrogen-bond donors (Lipinski definition) is 2. The number of aryl methyl sites for hydroxylation is 1. The lowest BCUT2D eigenvalue weighted by atomic mass is 9.82. The van der Waals surface area contributed by atoms with E-state index in [1.165, 1.54) is 0 Å². The standard InChI is InChI=1S/C17H26N2O2/c1-4-7-18-14-5-6-16(12(2)8-14)17(21)19(3)11-13-9-15(20)10-13/h5-6,8,13,15,18,20H,4,7,9-11H2,1-3H3. The van der Waals surface area contributed by atoms with Gasteiger partial charge in [-0.15, -0.1) is 0 Å². The second-order valence-electron chi connectivity index (χ2n) is 6.13. The molecular weight excluding hydrogens is 264 g/mol. The smallest absolute Gasteiger partial charge is 0.253 e. The zero-order valence-electron chi connectivity index (χ0n) is 13.2. The molecule has 0 saturated heterocycles. The van der Waals surface area contributed by atoms with Crippen molar-refractivity contribution in [3.05, 3.63) is 29.3 Å². The third kappa shape index (κ3) is 3.97. The normalized spacial score (nSPS) is 20.8. The number of aliphatic hydroxyl groups is 1. The maximum Gasteiger partial charge on any atom is 0.253 e. The Bertz CT molecular complexity index is 496. The Balaban J connectivity index is 1.97. The Kier molecular flexibility index (Phi) is 5.23. The zero-order chi connectivity index (χ0) is 15.4. The molecule has 1 aliphatic rings. The Hall–Kier alpha value is -1.55. The Morgan fingerprint density at radius 2 is 2.14 bits per heavy atom. The van der Waals surface area contributed by atoms with Crippen molar-refractivity contribution in [2.75, 3.05) is 25.5 Å². The van der Waals surface area contributed by atoms with Crippen molar-refractivity contribution in [3.63, 3.8) is 0 Å². The monoisotopic (exact) mass is 290 g/mol. The molecule has 1 aromatic carbocycles. The summed E-state index contributed by atoms with van der Waals surface area (Å²) in [6.07, 6.45) is 2.55. The fourth-order valence-corrected chi connectivity index (χ4v) is 2.81. The summed E-state index contributed by atoms with van der Waals surface area (Å²) in [5.41, 5.74) is 2.83. The van der Waals surface area contributed by atoms with Crippen molar-refractivity contribution in [3.8, 4) is 0 Å². The van der Waals surface area contributed by atoms with E-state index in [4.69, 9.17) is 0 Å². The van der Waals surface area contributed by atoms with Gasteiger partial charge in [-0.25, -0.2) is 0 Å². The first-order chi connectivity index (χ1) is 10.0. The van der Waals surface area contributed by atoms with Crippen LogP contribution in [0.1, 0.15) is 42.1 Å². The van der Waals surface area contributed by atoms with Crippen LogP contribution in [0.5, 0.6) is 0 Å². The highest BCUT2D eigenvalue weighted by Crippen LogP contribution is 2.28. The third-order valence-electron chi connectivity index (χ3n) is 4.13. The maximum atomic E-state index is 12.5. The summed E-state index contributed by atoms with van der Waals surface area (Å²) in [7, 11) is 1.84. The molecule has 1 amide bonds. The molecule has 1 aliphatic carbocycles. The van der Waals surface area contributed by atoms with Gasteiger partial charge in [-0.05, 0) is 55.9 Å². The molecule has 0 unspecified atom stereocenters. The minimum absolute atomic E-state index is 0.0657. The predicted molar refractivity (Wildman–Crippen MR) is 85.7 cm³/mol. The van der Waals surface area contributed by atoms with Crippen molar-refractivity contribution in [2.45, 2.75) is 39.2 Å². The number of nitrogens with one attached hydrogen (secondary N) is 1. The van der Waals surface area contributed by atoms with Crippen LogP contribution < -0.4 is 5.32 Å². The van der Waals surface area contributed by atoms with Crippen LogP contribution in [-0.4, -0.2) is 42.2 Å². The molecule has 0 atom stereocenters. The molecule has 0 aliphatic heterocycles. The number of anilines is 1. The lowest BCUT2D eigenvalue weighted by Crippen LogP contribution is -2.39. The highest BCUT2D eigenvalue weighted by Gasteiger charge is 2.29. The van der Waals surface area contributed by atoms with E-state index < -0.39 is 0 Å². The van der Waals surface area contributed by atoms with Gasteiger partial charge in [-0.3, -0.25) is 4.79 Å². The van der Waals surface area contributed by atoms with Crippen molar-refractivity contribution < 1.29 is 9.90 Å². The Labute approximate surface area is 127 Å². The van der Waals surface area contributed by atoms with Crippen LogP contribution in [-0.2, 0) is 0 Å². The average molecular weight is 290 g/mol. The number of carbonyl (C=O) groups is 1. The van der Waals surface area contributed by atoms with Crippen LogP contribution in [0, 0.1) is 12.8 Å². The number of aliphatic hydroxyl groups excluding tert-OH is 1. The highest BCUT2D eigenvalue weighted by molar-refractivity contribution is 5.95. The van der Waals surface area contributed by atoms with Crippen molar-refractivity contribution >= 4 is 11.6 Å². The molecule has 1 saturated carbocycles. The topological polar surface area (TPSA) is 52.6 Å². The quantitative estimate of drug-likeness (QED) is 0.847. The first-order valence-corrected chi connectivity index (χ1v) is 7.79. The van der Waals surface area contributed by atoms with Crippen molar-refractivity contribution in [2.24, 2.45) is 5.92 Å². The zero-order valence-corrected chi connectivity index (χ0v) is 13.2. The van der Waals surface area contributed by atoms with Gasteiger partial charge >= 0.3 is 0 Å². The predicted octanol–water partition coefficient (Wildman–Crippen LogP) is 2.66. The van der Waals surface area contributed by atoms with Gasteiger partial charge in [0.15, 0.2) is 0 Å². The van der Waals surface area contributed by atoms with E-state index in [2.05, 4.69) is 12.2 Å². The van der Waals surface area contributed by atoms with Gasteiger partial charge in [-0.2, -0.15) is 0 Å². The second-order valence-corrected chi connectivity index (χ2v) is 6.13. The minimum Gasteiger partial charge on any atom is -0.393 e. The van der Waals surface area contributed by atoms with Crippen LogP contribution in [0.15, 0.2) is 18.2 Å². The van der Waals surface area contributed by atoms with Crippen molar-refractivity contribution in [1.82, 2.24) is 4.90 Å². The van der Waals surface area contributed by atoms with Gasteiger partial charge in [0.05, 0.1) is 6.10 Å². The number of hydrogen-bond acceptors (Lipinski definition) is 3. The summed E-state index contributed by atoms with van der Waals surface area (Å²) in [5.74, 6) is 0.510. The van der Waals surface area contributed by atoms with E-state index in [9.17, 15) is 9.90 Å². The van der Waals surface area contributed by atoms with E-state index in [1.54, 1.807) is 4.90 Å². The summed E-state index contributed by atoms with van der Waals surface area (Å²) >= 11 is 0. The molecule has 4 nitrogen and oxygen atoms in total. The lowest BCUT2D eigenvalue weighted by molar-refractivity contribution is 0.0265. The molecule has 0 aromatic heterocycles. The Morgan fingerprint density at radius 1 is 1.43 bits per heavy atom. The van der Waals surface area contributed by atoms with E-state index in [1.807, 2.05) is 32.2 Å². The van der Waals surface area contributed by atoms with Crippen LogP contribution in [0.4, 0.5) is 5.69 Å². The number of benzene rings is 1. The number of nitrogens with zero attached hydrogens (tertiary/aromatic N) is 1. The van der Waals surface area contributed by atoms with Crippen LogP contribution in [0.2, 0.25) is 0 Å². The summed E-state index contributed by atoms with van der Waals surface area (Å²) in [5, 5.41) is 12.7. The van der Waals surface area contributed by atoms with Gasteiger partial charge in [0.25, 0.3) is 5.91 Å². The molecule has 2 rings (SSSR count). The summed E-state index contributed by atoms with van der Waals surface area (Å²) in [4.78, 5) is 14.3. The van der Waals surface area contributed by atoms with Crippen LogP contribution in [0.3, 0.4) is 0 Å². The third-order valence-corrected chi connectivity index (χ3v) is 4.13. The van der Waals surface area contributed by atoms with Gasteiger partial charge in [0.1, 0.15) is 0 Å². The second kappa shape index (κ2) is 6.94. The number of rotatable bonds is 6. The van der Waals surface area contributed by atoms with Crippen molar-refractivity contribution in [1.29, 1.82) is 0 Å². The molecule has 1 aromatic rings. The van der Waals surface area contributed by atoms with Crippen LogP contribution >= 0.6 is 0 Å². The fraction of sp³-hybridized carbons (Fsp3) is 0.588. The molecule has 1 fully saturated rings. The van der Waals surface area contributed by atoms with Gasteiger partial charge in [0, 0.05) is 31.4 Å².